The van der Waals surface area contributed by atoms with Crippen LogP contribution >= 0.6 is 15.9 Å². The van der Waals surface area contributed by atoms with Crippen LogP contribution in [0.4, 0.5) is 5.69 Å². The summed E-state index contributed by atoms with van der Waals surface area (Å²) < 4.78 is 2.66. The number of nitrogens with one attached hydrogen (secondary N) is 2. The third kappa shape index (κ3) is 5.04. The lowest BCUT2D eigenvalue weighted by Gasteiger charge is -2.11. The second-order valence-corrected chi connectivity index (χ2v) is 6.93. The van der Waals surface area contributed by atoms with Gasteiger partial charge < -0.3 is 10.6 Å². The number of nitrogens with zero attached hydrogens (tertiary/aromatic N) is 2. The number of hydrogen-bond donors (Lipinski definition) is 2. The van der Waals surface area contributed by atoms with Gasteiger partial charge >= 0.3 is 0 Å². The van der Waals surface area contributed by atoms with Crippen molar-refractivity contribution < 1.29 is 9.59 Å². The minimum absolute atomic E-state index is 0.193. The topological polar surface area (TPSA) is 76.0 Å². The number of carbonyl (C=O) groups excluding carboxylic acids is 2. The average Bonchev–Trinajstić information content (AvgIpc) is 3.17. The van der Waals surface area contributed by atoms with E-state index in [-0.39, 0.29) is 11.8 Å². The molecule has 0 saturated carbocycles. The van der Waals surface area contributed by atoms with Crippen LogP contribution in [0.3, 0.4) is 0 Å². The molecular formula is C20H19BrN4O2. The average molecular weight is 427 g/mol. The van der Waals surface area contributed by atoms with Gasteiger partial charge in [0.1, 0.15) is 0 Å². The van der Waals surface area contributed by atoms with E-state index in [4.69, 9.17) is 0 Å². The van der Waals surface area contributed by atoms with Crippen LogP contribution in [0, 0.1) is 6.92 Å². The fraction of sp³-hybridized carbons (Fsp3) is 0.150. The Bertz CT molecular complexity index is 937. The lowest BCUT2D eigenvalue weighted by molar-refractivity contribution is 0.0950. The highest BCUT2D eigenvalue weighted by Gasteiger charge is 2.11. The molecule has 0 unspecified atom stereocenters. The third-order valence-corrected chi connectivity index (χ3v) is 4.57. The standard InChI is InChI=1S/C20H19BrN4O2/c1-14-3-4-16(19(26)22-10-12-25-11-2-9-23-25)13-18(14)24-20(27)15-5-7-17(21)8-6-15/h2-9,11,13H,10,12H2,1H3,(H,22,26)(H,24,27). The Morgan fingerprint density at radius 3 is 2.52 bits per heavy atom. The molecule has 0 aliphatic rings. The van der Waals surface area contributed by atoms with Gasteiger partial charge in [0, 0.05) is 40.2 Å². The number of carbonyl (C=O) groups is 2. The number of rotatable bonds is 6. The zero-order chi connectivity index (χ0) is 19.2. The van der Waals surface area contributed by atoms with E-state index in [2.05, 4.69) is 31.7 Å². The zero-order valence-electron chi connectivity index (χ0n) is 14.8. The highest BCUT2D eigenvalue weighted by molar-refractivity contribution is 9.10. The molecule has 0 spiro atoms. The summed E-state index contributed by atoms with van der Waals surface area (Å²) in [5.41, 5.74) is 2.54. The van der Waals surface area contributed by atoms with E-state index >= 15 is 0 Å². The van der Waals surface area contributed by atoms with Gasteiger partial charge in [-0.3, -0.25) is 14.3 Å². The molecule has 0 saturated heterocycles. The molecule has 27 heavy (non-hydrogen) atoms. The van der Waals surface area contributed by atoms with Crippen LogP contribution in [-0.4, -0.2) is 28.1 Å². The monoisotopic (exact) mass is 426 g/mol. The van der Waals surface area contributed by atoms with Crippen LogP contribution in [0.15, 0.2) is 65.4 Å². The van der Waals surface area contributed by atoms with Crippen LogP contribution in [0.2, 0.25) is 0 Å². The SMILES string of the molecule is Cc1ccc(C(=O)NCCn2cccn2)cc1NC(=O)c1ccc(Br)cc1. The van der Waals surface area contributed by atoms with Gasteiger partial charge in [-0.15, -0.1) is 0 Å². The van der Waals surface area contributed by atoms with Crippen molar-refractivity contribution >= 4 is 33.4 Å². The van der Waals surface area contributed by atoms with E-state index in [1.807, 2.05) is 37.4 Å². The van der Waals surface area contributed by atoms with Crippen molar-refractivity contribution in [3.05, 3.63) is 82.1 Å². The van der Waals surface area contributed by atoms with Crippen molar-refractivity contribution in [2.24, 2.45) is 0 Å². The van der Waals surface area contributed by atoms with Crippen molar-refractivity contribution in [2.75, 3.05) is 11.9 Å². The Morgan fingerprint density at radius 2 is 1.81 bits per heavy atom. The highest BCUT2D eigenvalue weighted by Crippen LogP contribution is 2.19. The summed E-state index contributed by atoms with van der Waals surface area (Å²) in [5.74, 6) is -0.414. The van der Waals surface area contributed by atoms with Crippen LogP contribution in [0.1, 0.15) is 26.3 Å². The minimum atomic E-state index is -0.221. The van der Waals surface area contributed by atoms with Crippen molar-refractivity contribution in [3.63, 3.8) is 0 Å². The van der Waals surface area contributed by atoms with E-state index in [0.717, 1.165) is 10.0 Å². The molecule has 0 aliphatic carbocycles. The summed E-state index contributed by atoms with van der Waals surface area (Å²) in [6.07, 6.45) is 3.54. The van der Waals surface area contributed by atoms with E-state index in [9.17, 15) is 9.59 Å². The Balaban J connectivity index is 1.65. The Labute approximate surface area is 165 Å². The number of aromatic nitrogens is 2. The van der Waals surface area contributed by atoms with Gasteiger partial charge in [0.15, 0.2) is 0 Å². The number of benzene rings is 2. The summed E-state index contributed by atoms with van der Waals surface area (Å²) >= 11 is 3.35. The van der Waals surface area contributed by atoms with Crippen molar-refractivity contribution in [1.82, 2.24) is 15.1 Å². The maximum atomic E-state index is 12.4. The number of halogens is 1. The fourth-order valence-corrected chi connectivity index (χ4v) is 2.78. The van der Waals surface area contributed by atoms with E-state index < -0.39 is 0 Å². The minimum Gasteiger partial charge on any atom is -0.350 e. The van der Waals surface area contributed by atoms with E-state index in [0.29, 0.717) is 29.9 Å². The molecule has 0 atom stereocenters. The maximum Gasteiger partial charge on any atom is 0.255 e. The number of anilines is 1. The number of hydrogen-bond acceptors (Lipinski definition) is 3. The lowest BCUT2D eigenvalue weighted by atomic mass is 10.1. The fourth-order valence-electron chi connectivity index (χ4n) is 2.51. The molecule has 0 radical (unpaired) electrons. The van der Waals surface area contributed by atoms with Gasteiger partial charge in [-0.25, -0.2) is 0 Å². The molecule has 1 aromatic heterocycles. The molecule has 2 N–H and O–H groups in total. The zero-order valence-corrected chi connectivity index (χ0v) is 16.4. The first-order valence-corrected chi connectivity index (χ1v) is 9.25. The summed E-state index contributed by atoms with van der Waals surface area (Å²) in [4.78, 5) is 24.8. The maximum absolute atomic E-state index is 12.4. The Morgan fingerprint density at radius 1 is 1.07 bits per heavy atom. The molecule has 6 nitrogen and oxygen atoms in total. The summed E-state index contributed by atoms with van der Waals surface area (Å²) in [5, 5.41) is 9.82. The summed E-state index contributed by atoms with van der Waals surface area (Å²) in [6.45, 7) is 2.95. The molecule has 3 rings (SSSR count). The predicted molar refractivity (Wildman–Crippen MR) is 108 cm³/mol. The van der Waals surface area contributed by atoms with Crippen LogP contribution in [-0.2, 0) is 6.54 Å². The van der Waals surface area contributed by atoms with Gasteiger partial charge in [-0.2, -0.15) is 5.10 Å². The summed E-state index contributed by atoms with van der Waals surface area (Å²) in [7, 11) is 0. The smallest absolute Gasteiger partial charge is 0.255 e. The molecule has 2 amide bonds. The Kier molecular flexibility index (Phi) is 6.03. The first-order chi connectivity index (χ1) is 13.0. The summed E-state index contributed by atoms with van der Waals surface area (Å²) in [6, 6.07) is 14.2. The molecule has 0 fully saturated rings. The second-order valence-electron chi connectivity index (χ2n) is 6.02. The third-order valence-electron chi connectivity index (χ3n) is 4.04. The number of amides is 2. The van der Waals surface area contributed by atoms with Gasteiger partial charge in [0.2, 0.25) is 0 Å². The van der Waals surface area contributed by atoms with Crippen LogP contribution in [0.25, 0.3) is 0 Å². The largest absolute Gasteiger partial charge is 0.350 e. The molecule has 2 aromatic carbocycles. The molecule has 1 heterocycles. The molecule has 3 aromatic rings. The molecule has 0 aliphatic heterocycles. The quantitative estimate of drug-likeness (QED) is 0.631. The van der Waals surface area contributed by atoms with Gasteiger partial charge in [0.05, 0.1) is 6.54 Å². The highest BCUT2D eigenvalue weighted by atomic mass is 79.9. The normalized spacial score (nSPS) is 10.4. The molecule has 138 valence electrons. The Hall–Kier alpha value is -2.93. The number of aryl methyl sites for hydroxylation is 1. The van der Waals surface area contributed by atoms with Gasteiger partial charge in [-0.05, 0) is 55.0 Å². The van der Waals surface area contributed by atoms with E-state index in [1.165, 1.54) is 0 Å². The first-order valence-electron chi connectivity index (χ1n) is 8.46. The van der Waals surface area contributed by atoms with Gasteiger partial charge in [0.25, 0.3) is 11.8 Å². The van der Waals surface area contributed by atoms with Crippen molar-refractivity contribution in [3.8, 4) is 0 Å². The predicted octanol–water partition coefficient (Wildman–Crippen LogP) is 3.64. The second kappa shape index (κ2) is 8.64. The first kappa shape index (κ1) is 18.8. The van der Waals surface area contributed by atoms with Crippen LogP contribution in [0.5, 0.6) is 0 Å². The van der Waals surface area contributed by atoms with Crippen molar-refractivity contribution in [2.45, 2.75) is 13.5 Å². The molecular weight excluding hydrogens is 408 g/mol. The van der Waals surface area contributed by atoms with Crippen LogP contribution < -0.4 is 10.6 Å². The van der Waals surface area contributed by atoms with Gasteiger partial charge in [-0.1, -0.05) is 22.0 Å². The van der Waals surface area contributed by atoms with Crippen molar-refractivity contribution in [1.29, 1.82) is 0 Å². The van der Waals surface area contributed by atoms with E-state index in [1.54, 1.807) is 35.1 Å². The molecule has 7 heteroatoms. The lowest BCUT2D eigenvalue weighted by Crippen LogP contribution is -2.27. The molecule has 0 bridgehead atoms.